The van der Waals surface area contributed by atoms with Crippen molar-refractivity contribution in [2.45, 2.75) is 156 Å². The van der Waals surface area contributed by atoms with Gasteiger partial charge in [-0.3, -0.25) is 40.9 Å². The van der Waals surface area contributed by atoms with Gasteiger partial charge in [0, 0.05) is 0 Å². The van der Waals surface area contributed by atoms with Crippen molar-refractivity contribution in [3.63, 3.8) is 0 Å². The van der Waals surface area contributed by atoms with E-state index in [4.69, 9.17) is 0 Å². The lowest BCUT2D eigenvalue weighted by Gasteiger charge is -2.25. The molecule has 10 nitrogen and oxygen atoms in total. The first kappa shape index (κ1) is 44.1. The van der Waals surface area contributed by atoms with Crippen molar-refractivity contribution >= 4 is 23.6 Å². The van der Waals surface area contributed by atoms with E-state index in [9.17, 15) is 29.4 Å². The molecular formula is C42H66N4O6. The molecule has 0 fully saturated rings. The normalized spacial score (nSPS) is 12.2. The maximum absolute atomic E-state index is 13.6. The number of hydrogen-bond donors (Lipinski definition) is 6. The first-order chi connectivity index (χ1) is 25.2. The molecular weight excluding hydrogens is 656 g/mol. The second kappa shape index (κ2) is 25.8. The minimum Gasteiger partial charge on any atom is -0.507 e. The Morgan fingerprint density at radius 3 is 1.31 bits per heavy atom. The van der Waals surface area contributed by atoms with Gasteiger partial charge in [0.25, 0.3) is 11.8 Å². The molecule has 0 aliphatic rings. The molecule has 0 aliphatic heterocycles. The third kappa shape index (κ3) is 15.3. The average Bonchev–Trinajstić information content (AvgIpc) is 3.14. The van der Waals surface area contributed by atoms with E-state index in [-0.39, 0.29) is 22.6 Å². The molecule has 0 saturated carbocycles. The van der Waals surface area contributed by atoms with Crippen LogP contribution in [0.15, 0.2) is 36.4 Å². The quantitative estimate of drug-likeness (QED) is 0.0445. The molecule has 0 spiro atoms. The molecule has 10 heteroatoms. The summed E-state index contributed by atoms with van der Waals surface area (Å²) in [5.41, 5.74) is 11.3. The lowest BCUT2D eigenvalue weighted by molar-refractivity contribution is -0.136. The van der Waals surface area contributed by atoms with E-state index in [1.54, 1.807) is 31.2 Å². The van der Waals surface area contributed by atoms with Crippen LogP contribution in [0.3, 0.4) is 0 Å². The van der Waals surface area contributed by atoms with Gasteiger partial charge in [-0.15, -0.1) is 0 Å². The number of nitrogens with one attached hydrogen (secondary N) is 4. The van der Waals surface area contributed by atoms with Gasteiger partial charge in [-0.05, 0) is 61.8 Å². The number of hydrazine groups is 2. The van der Waals surface area contributed by atoms with E-state index >= 15 is 0 Å². The van der Waals surface area contributed by atoms with Crippen molar-refractivity contribution in [1.82, 2.24) is 21.7 Å². The van der Waals surface area contributed by atoms with Gasteiger partial charge in [0.05, 0.1) is 23.0 Å². The molecule has 0 aromatic heterocycles. The van der Waals surface area contributed by atoms with Crippen molar-refractivity contribution < 1.29 is 29.4 Å². The summed E-state index contributed by atoms with van der Waals surface area (Å²) in [5, 5.41) is 21.7. The van der Waals surface area contributed by atoms with Crippen LogP contribution in [-0.4, -0.2) is 33.8 Å². The van der Waals surface area contributed by atoms with Gasteiger partial charge in [-0.25, -0.2) is 0 Å². The Morgan fingerprint density at radius 2 is 0.885 bits per heavy atom. The van der Waals surface area contributed by atoms with E-state index in [2.05, 4.69) is 42.5 Å². The molecule has 2 aromatic rings. The molecule has 2 aromatic carbocycles. The molecule has 2 atom stereocenters. The number of amides is 4. The van der Waals surface area contributed by atoms with Crippen LogP contribution < -0.4 is 21.7 Å². The van der Waals surface area contributed by atoms with Gasteiger partial charge in [0.1, 0.15) is 11.5 Å². The number of benzene rings is 2. The molecule has 0 heterocycles. The number of aromatic hydroxyl groups is 2. The SMILES string of the molecule is CCCCCCCCc1cccc(C(=O)NNC(=O)C(CC)C(CCCCCC)C(=O)NNC(=O)c2cccc(CCCCCCCC)c2O)c1O. The highest BCUT2D eigenvalue weighted by Gasteiger charge is 2.33. The molecule has 0 aliphatic carbocycles. The molecule has 0 bridgehead atoms. The Morgan fingerprint density at radius 1 is 0.500 bits per heavy atom. The predicted octanol–water partition coefficient (Wildman–Crippen LogP) is 8.74. The number of carbonyl (C=O) groups is 4. The van der Waals surface area contributed by atoms with E-state index in [0.717, 1.165) is 57.8 Å². The van der Waals surface area contributed by atoms with Crippen molar-refractivity contribution in [3.8, 4) is 11.5 Å². The third-order valence-corrected chi connectivity index (χ3v) is 9.89. The number of phenols is 2. The van der Waals surface area contributed by atoms with Crippen LogP contribution in [0, 0.1) is 11.8 Å². The molecule has 2 unspecified atom stereocenters. The fourth-order valence-electron chi connectivity index (χ4n) is 6.66. The monoisotopic (exact) mass is 722 g/mol. The zero-order chi connectivity index (χ0) is 38.1. The van der Waals surface area contributed by atoms with Gasteiger partial charge < -0.3 is 10.2 Å². The summed E-state index contributed by atoms with van der Waals surface area (Å²) in [6.45, 7) is 8.24. The molecule has 0 saturated heterocycles. The topological polar surface area (TPSA) is 157 Å². The first-order valence-electron chi connectivity index (χ1n) is 20.0. The Bertz CT molecular complexity index is 1380. The van der Waals surface area contributed by atoms with Gasteiger partial charge in [0.2, 0.25) is 11.8 Å². The van der Waals surface area contributed by atoms with Crippen LogP contribution in [0.1, 0.15) is 175 Å². The highest BCUT2D eigenvalue weighted by molar-refractivity contribution is 5.99. The zero-order valence-corrected chi connectivity index (χ0v) is 32.3. The van der Waals surface area contributed by atoms with Crippen molar-refractivity contribution in [2.75, 3.05) is 0 Å². The summed E-state index contributed by atoms with van der Waals surface area (Å²) < 4.78 is 0. The Kier molecular flexibility index (Phi) is 21.9. The summed E-state index contributed by atoms with van der Waals surface area (Å²) in [5.74, 6) is -4.16. The number of rotatable bonds is 25. The second-order valence-electron chi connectivity index (χ2n) is 14.0. The van der Waals surface area contributed by atoms with E-state index in [0.29, 0.717) is 43.2 Å². The fourth-order valence-corrected chi connectivity index (χ4v) is 6.66. The second-order valence-corrected chi connectivity index (χ2v) is 14.0. The lowest BCUT2D eigenvalue weighted by atomic mass is 9.84. The number of unbranched alkanes of at least 4 members (excludes halogenated alkanes) is 13. The van der Waals surface area contributed by atoms with Crippen LogP contribution >= 0.6 is 0 Å². The Hall–Kier alpha value is -4.08. The average molecular weight is 723 g/mol. The van der Waals surface area contributed by atoms with Gasteiger partial charge in [-0.2, -0.15) is 0 Å². The molecule has 52 heavy (non-hydrogen) atoms. The van der Waals surface area contributed by atoms with Gasteiger partial charge >= 0.3 is 0 Å². The largest absolute Gasteiger partial charge is 0.507 e. The maximum Gasteiger partial charge on any atom is 0.273 e. The Labute approximate surface area is 312 Å². The van der Waals surface area contributed by atoms with Crippen LogP contribution in [0.25, 0.3) is 0 Å². The maximum atomic E-state index is 13.6. The summed E-state index contributed by atoms with van der Waals surface area (Å²) in [7, 11) is 0. The van der Waals surface area contributed by atoms with E-state index in [1.165, 1.54) is 50.7 Å². The van der Waals surface area contributed by atoms with Crippen LogP contribution in [0.5, 0.6) is 11.5 Å². The number of carbonyl (C=O) groups excluding carboxylic acids is 4. The van der Waals surface area contributed by atoms with Crippen molar-refractivity contribution in [1.29, 1.82) is 0 Å². The molecule has 2 rings (SSSR count). The van der Waals surface area contributed by atoms with Crippen molar-refractivity contribution in [2.24, 2.45) is 11.8 Å². The number of para-hydroxylation sites is 2. The minimum absolute atomic E-state index is 0.0627. The number of aryl methyl sites for hydroxylation is 2. The predicted molar refractivity (Wildman–Crippen MR) is 208 cm³/mol. The van der Waals surface area contributed by atoms with Crippen LogP contribution in [-0.2, 0) is 22.4 Å². The molecule has 6 N–H and O–H groups in total. The minimum atomic E-state index is -0.805. The zero-order valence-electron chi connectivity index (χ0n) is 32.3. The third-order valence-electron chi connectivity index (χ3n) is 9.89. The van der Waals surface area contributed by atoms with Gasteiger partial charge in [0.15, 0.2) is 0 Å². The molecule has 4 amide bonds. The van der Waals surface area contributed by atoms with Crippen molar-refractivity contribution in [3.05, 3.63) is 58.7 Å². The van der Waals surface area contributed by atoms with Crippen LogP contribution in [0.2, 0.25) is 0 Å². The Balaban J connectivity index is 2.04. The molecule has 290 valence electrons. The highest BCUT2D eigenvalue weighted by Crippen LogP contribution is 2.27. The smallest absolute Gasteiger partial charge is 0.273 e. The first-order valence-corrected chi connectivity index (χ1v) is 20.0. The fraction of sp³-hybridized carbons (Fsp3) is 0.619. The van der Waals surface area contributed by atoms with E-state index < -0.39 is 35.5 Å². The lowest BCUT2D eigenvalue weighted by Crippen LogP contribution is -2.51. The summed E-state index contributed by atoms with van der Waals surface area (Å²) in [6.07, 6.45) is 19.0. The van der Waals surface area contributed by atoms with Gasteiger partial charge in [-0.1, -0.05) is 142 Å². The van der Waals surface area contributed by atoms with E-state index in [1.807, 2.05) is 0 Å². The standard InChI is InChI=1S/C42H66N4O6/c1-5-9-12-15-17-19-24-31-26-22-29-35(37(31)47)41(51)45-43-39(49)33(8-4)34(28-21-14-11-7-3)40(50)44-46-42(52)36-30-23-27-32(38(36)48)25-20-18-16-13-10-6-2/h22-23,26-27,29-30,33-34,47-48H,5-21,24-25,28H2,1-4H3,(H,43,49)(H,44,50)(H,45,51)(H,46,52). The number of hydrogen-bond acceptors (Lipinski definition) is 6. The highest BCUT2D eigenvalue weighted by atomic mass is 16.3. The summed E-state index contributed by atoms with van der Waals surface area (Å²) >= 11 is 0. The summed E-state index contributed by atoms with van der Waals surface area (Å²) in [4.78, 5) is 53.2. The molecule has 0 radical (unpaired) electrons. The summed E-state index contributed by atoms with van der Waals surface area (Å²) in [6, 6.07) is 10.1. The number of phenolic OH excluding ortho intramolecular Hbond substituents is 2. The van der Waals surface area contributed by atoms with Crippen LogP contribution in [0.4, 0.5) is 0 Å².